The van der Waals surface area contributed by atoms with Crippen molar-refractivity contribution in [2.45, 2.75) is 6.61 Å². The van der Waals surface area contributed by atoms with Crippen LogP contribution in [0.2, 0.25) is 0 Å². The second kappa shape index (κ2) is 9.68. The van der Waals surface area contributed by atoms with Crippen molar-refractivity contribution >= 4 is 56.3 Å². The molecule has 1 fully saturated rings. The predicted molar refractivity (Wildman–Crippen MR) is 144 cm³/mol. The third-order valence-corrected chi connectivity index (χ3v) is 6.77. The molecule has 0 saturated carbocycles. The number of anilines is 1. The van der Waals surface area contributed by atoms with Crippen molar-refractivity contribution in [1.29, 1.82) is 0 Å². The van der Waals surface area contributed by atoms with Gasteiger partial charge in [0.15, 0.2) is 11.5 Å². The molecule has 8 nitrogen and oxygen atoms in total. The molecule has 38 heavy (non-hydrogen) atoms. The summed E-state index contributed by atoms with van der Waals surface area (Å²) in [5.41, 5.74) is 1.55. The van der Waals surface area contributed by atoms with Crippen LogP contribution >= 0.6 is 15.9 Å². The van der Waals surface area contributed by atoms with Crippen molar-refractivity contribution in [3.63, 3.8) is 0 Å². The second-order valence-electron chi connectivity index (χ2n) is 8.61. The van der Waals surface area contributed by atoms with E-state index in [1.807, 2.05) is 54.6 Å². The van der Waals surface area contributed by atoms with Crippen LogP contribution in [0.5, 0.6) is 17.2 Å². The molecule has 2 aliphatic heterocycles. The van der Waals surface area contributed by atoms with Gasteiger partial charge in [-0.3, -0.25) is 14.9 Å². The number of benzene rings is 4. The third kappa shape index (κ3) is 4.37. The quantitative estimate of drug-likeness (QED) is 0.249. The van der Waals surface area contributed by atoms with Crippen LogP contribution in [-0.4, -0.2) is 24.6 Å². The van der Waals surface area contributed by atoms with E-state index in [-0.39, 0.29) is 24.7 Å². The lowest BCUT2D eigenvalue weighted by molar-refractivity contribution is -0.122. The number of barbiturate groups is 1. The van der Waals surface area contributed by atoms with Gasteiger partial charge < -0.3 is 14.2 Å². The Labute approximate surface area is 225 Å². The van der Waals surface area contributed by atoms with Gasteiger partial charge in [0.25, 0.3) is 11.8 Å². The smallest absolute Gasteiger partial charge is 0.335 e. The molecular weight excluding hydrogens is 552 g/mol. The Morgan fingerprint density at radius 2 is 1.71 bits per heavy atom. The van der Waals surface area contributed by atoms with Crippen molar-refractivity contribution in [3.8, 4) is 17.2 Å². The lowest BCUT2D eigenvalue weighted by Crippen LogP contribution is -2.54. The molecular formula is C29H19BrN2O6. The van der Waals surface area contributed by atoms with E-state index in [1.54, 1.807) is 18.2 Å². The molecule has 0 unspecified atom stereocenters. The molecule has 9 heteroatoms. The number of hydrogen-bond donors (Lipinski definition) is 1. The number of rotatable bonds is 5. The van der Waals surface area contributed by atoms with Gasteiger partial charge in [0.05, 0.1) is 5.69 Å². The van der Waals surface area contributed by atoms with Crippen molar-refractivity contribution in [2.75, 3.05) is 11.7 Å². The maximum Gasteiger partial charge on any atom is 0.335 e. The molecule has 2 aliphatic rings. The Morgan fingerprint density at radius 1 is 0.921 bits per heavy atom. The number of carbonyl (C=O) groups excluding carboxylic acids is 3. The summed E-state index contributed by atoms with van der Waals surface area (Å²) in [5.74, 6) is -0.142. The summed E-state index contributed by atoms with van der Waals surface area (Å²) < 4.78 is 17.8. The normalized spacial score (nSPS) is 15.8. The number of fused-ring (bicyclic) bond motifs is 2. The summed E-state index contributed by atoms with van der Waals surface area (Å²) in [6.45, 7) is 0.330. The summed E-state index contributed by atoms with van der Waals surface area (Å²) in [4.78, 5) is 40.1. The van der Waals surface area contributed by atoms with Gasteiger partial charge in [-0.2, -0.15) is 0 Å². The van der Waals surface area contributed by atoms with E-state index in [0.29, 0.717) is 22.8 Å². The van der Waals surface area contributed by atoms with Crippen LogP contribution < -0.4 is 24.4 Å². The van der Waals surface area contributed by atoms with Crippen LogP contribution in [0.3, 0.4) is 0 Å². The minimum Gasteiger partial charge on any atom is -0.488 e. The van der Waals surface area contributed by atoms with Gasteiger partial charge in [0, 0.05) is 16.1 Å². The molecule has 0 atom stereocenters. The van der Waals surface area contributed by atoms with E-state index in [0.717, 1.165) is 25.7 Å². The monoisotopic (exact) mass is 570 g/mol. The molecule has 1 N–H and O–H groups in total. The summed E-state index contributed by atoms with van der Waals surface area (Å²) in [6.07, 6.45) is 1.48. The molecule has 6 rings (SSSR count). The molecule has 0 spiro atoms. The number of halogens is 1. The first-order valence-corrected chi connectivity index (χ1v) is 12.5. The van der Waals surface area contributed by atoms with Gasteiger partial charge in [-0.15, -0.1) is 0 Å². The van der Waals surface area contributed by atoms with Gasteiger partial charge in [0.1, 0.15) is 17.9 Å². The number of ether oxygens (including phenoxy) is 3. The maximum atomic E-state index is 13.6. The molecule has 0 radical (unpaired) electrons. The van der Waals surface area contributed by atoms with E-state index in [4.69, 9.17) is 14.2 Å². The first-order valence-electron chi connectivity index (χ1n) is 11.7. The van der Waals surface area contributed by atoms with Crippen molar-refractivity contribution in [1.82, 2.24) is 5.32 Å². The number of nitrogens with zero attached hydrogens (tertiary/aromatic N) is 1. The lowest BCUT2D eigenvalue weighted by atomic mass is 9.99. The number of amides is 4. The maximum absolute atomic E-state index is 13.6. The summed E-state index contributed by atoms with van der Waals surface area (Å²) in [5, 5.41) is 3.97. The van der Waals surface area contributed by atoms with E-state index in [9.17, 15) is 14.4 Å². The Hall–Kier alpha value is -4.63. The number of nitrogens with one attached hydrogen (secondary N) is 1. The van der Waals surface area contributed by atoms with Gasteiger partial charge >= 0.3 is 6.03 Å². The van der Waals surface area contributed by atoms with Crippen LogP contribution in [0, 0.1) is 0 Å². The predicted octanol–water partition coefficient (Wildman–Crippen LogP) is 5.58. The molecule has 0 bridgehead atoms. The molecule has 188 valence electrons. The topological polar surface area (TPSA) is 94.2 Å². The number of imide groups is 2. The van der Waals surface area contributed by atoms with Crippen molar-refractivity contribution in [2.24, 2.45) is 0 Å². The number of urea groups is 1. The average molecular weight is 571 g/mol. The van der Waals surface area contributed by atoms with Crippen LogP contribution in [0.4, 0.5) is 10.5 Å². The molecule has 0 aliphatic carbocycles. The van der Waals surface area contributed by atoms with Gasteiger partial charge in [0.2, 0.25) is 6.79 Å². The van der Waals surface area contributed by atoms with Gasteiger partial charge in [-0.05, 0) is 52.7 Å². The zero-order valence-corrected chi connectivity index (χ0v) is 21.4. The van der Waals surface area contributed by atoms with E-state index in [2.05, 4.69) is 21.2 Å². The van der Waals surface area contributed by atoms with Gasteiger partial charge in [-0.25, -0.2) is 9.69 Å². The minimum atomic E-state index is -0.847. The highest BCUT2D eigenvalue weighted by atomic mass is 79.9. The summed E-state index contributed by atoms with van der Waals surface area (Å²) >= 11 is 3.43. The molecule has 2 heterocycles. The van der Waals surface area contributed by atoms with Crippen molar-refractivity contribution in [3.05, 3.63) is 100 Å². The fraction of sp³-hybridized carbons (Fsp3) is 0.0690. The molecule has 0 aromatic heterocycles. The third-order valence-electron chi connectivity index (χ3n) is 6.24. The molecule has 4 amide bonds. The van der Waals surface area contributed by atoms with Crippen LogP contribution in [0.1, 0.15) is 11.1 Å². The highest BCUT2D eigenvalue weighted by molar-refractivity contribution is 9.10. The summed E-state index contributed by atoms with van der Waals surface area (Å²) in [7, 11) is 0. The second-order valence-corrected chi connectivity index (χ2v) is 9.52. The van der Waals surface area contributed by atoms with Crippen molar-refractivity contribution < 1.29 is 28.6 Å². The highest BCUT2D eigenvalue weighted by Crippen LogP contribution is 2.37. The number of carbonyl (C=O) groups is 3. The largest absolute Gasteiger partial charge is 0.488 e. The van der Waals surface area contributed by atoms with Crippen LogP contribution in [-0.2, 0) is 16.2 Å². The highest BCUT2D eigenvalue weighted by Gasteiger charge is 2.37. The standard InChI is InChI=1S/C29H19BrN2O6/c30-19-8-5-17(6-9-19)15-36-24-11-7-18-3-1-2-4-21(18)22(24)14-23-27(33)31-29(35)32(28(23)34)20-10-12-25-26(13-20)38-16-37-25/h1-14H,15-16H2,(H,31,33,35)/b23-14+. The van der Waals surface area contributed by atoms with E-state index < -0.39 is 17.8 Å². The van der Waals surface area contributed by atoms with E-state index >= 15 is 0 Å². The first kappa shape index (κ1) is 23.7. The number of hydrogen-bond acceptors (Lipinski definition) is 6. The fourth-order valence-electron chi connectivity index (χ4n) is 4.35. The Bertz CT molecular complexity index is 1650. The summed E-state index contributed by atoms with van der Waals surface area (Å²) in [6, 6.07) is 22.9. The molecule has 4 aromatic rings. The Balaban J connectivity index is 1.40. The molecule has 4 aromatic carbocycles. The van der Waals surface area contributed by atoms with Gasteiger partial charge in [-0.1, -0.05) is 58.4 Å². The zero-order chi connectivity index (χ0) is 26.2. The minimum absolute atomic E-state index is 0.0483. The SMILES string of the molecule is O=C1NC(=O)N(c2ccc3c(c2)OCO3)C(=O)/C1=C/c1c(OCc2ccc(Br)cc2)ccc2ccccc12. The van der Waals surface area contributed by atoms with E-state index in [1.165, 1.54) is 12.1 Å². The Morgan fingerprint density at radius 3 is 2.55 bits per heavy atom. The van der Waals surface area contributed by atoms with Crippen LogP contribution in [0.25, 0.3) is 16.8 Å². The first-order chi connectivity index (χ1) is 18.5. The Kier molecular flexibility index (Phi) is 6.05. The lowest BCUT2D eigenvalue weighted by Gasteiger charge is -2.26. The fourth-order valence-corrected chi connectivity index (χ4v) is 4.62. The average Bonchev–Trinajstić information content (AvgIpc) is 3.39. The zero-order valence-electron chi connectivity index (χ0n) is 19.8. The molecule has 1 saturated heterocycles. The van der Waals surface area contributed by atoms with Crippen LogP contribution in [0.15, 0.2) is 88.9 Å².